The first kappa shape index (κ1) is 28.0. The van der Waals surface area contributed by atoms with E-state index < -0.39 is 6.04 Å². The first-order valence-corrected chi connectivity index (χ1v) is 12.4. The highest BCUT2D eigenvalue weighted by Crippen LogP contribution is 2.29. The fourth-order valence-electron chi connectivity index (χ4n) is 3.66. The minimum Gasteiger partial charge on any atom is -0.497 e. The van der Waals surface area contributed by atoms with E-state index in [1.807, 2.05) is 70.2 Å². The number of rotatable bonds is 14. The minimum absolute atomic E-state index is 0.0413. The van der Waals surface area contributed by atoms with Crippen LogP contribution in [0.15, 0.2) is 42.5 Å². The molecule has 2 aromatic rings. The van der Waals surface area contributed by atoms with Crippen molar-refractivity contribution in [3.8, 4) is 17.2 Å². The normalized spacial score (nSPS) is 12.4. The number of nitrogens with one attached hydrogen (secondary N) is 1. The molecule has 0 aliphatic carbocycles. The van der Waals surface area contributed by atoms with Gasteiger partial charge in [0.05, 0.1) is 20.3 Å². The number of aryl methyl sites for hydroxylation is 1. The van der Waals surface area contributed by atoms with Crippen LogP contribution in [0.4, 0.5) is 0 Å². The van der Waals surface area contributed by atoms with E-state index in [4.69, 9.17) is 14.2 Å². The lowest BCUT2D eigenvalue weighted by atomic mass is 10.1. The Kier molecular flexibility index (Phi) is 11.4. The molecular formula is C28H40N2O5. The van der Waals surface area contributed by atoms with E-state index in [-0.39, 0.29) is 24.3 Å². The van der Waals surface area contributed by atoms with Crippen molar-refractivity contribution in [2.75, 3.05) is 20.3 Å². The Hall–Kier alpha value is -3.22. The number of methoxy groups -OCH3 is 1. The summed E-state index contributed by atoms with van der Waals surface area (Å²) >= 11 is 0. The van der Waals surface area contributed by atoms with Crippen LogP contribution in [0.2, 0.25) is 0 Å². The first-order chi connectivity index (χ1) is 16.8. The number of hydrogen-bond acceptors (Lipinski definition) is 5. The monoisotopic (exact) mass is 484 g/mol. The molecule has 0 saturated heterocycles. The van der Waals surface area contributed by atoms with Gasteiger partial charge in [-0.15, -0.1) is 0 Å². The molecule has 1 N–H and O–H groups in total. The van der Waals surface area contributed by atoms with Crippen LogP contribution >= 0.6 is 0 Å². The smallest absolute Gasteiger partial charge is 0.242 e. The molecule has 2 rings (SSSR count). The number of ether oxygens (including phenoxy) is 3. The zero-order valence-corrected chi connectivity index (χ0v) is 21.9. The van der Waals surface area contributed by atoms with Gasteiger partial charge in [0.15, 0.2) is 11.5 Å². The average Bonchev–Trinajstić information content (AvgIpc) is 2.87. The highest BCUT2D eigenvalue weighted by molar-refractivity contribution is 5.87. The molecule has 2 amide bonds. The van der Waals surface area contributed by atoms with Gasteiger partial charge in [-0.05, 0) is 75.9 Å². The predicted octanol–water partition coefficient (Wildman–Crippen LogP) is 4.76. The van der Waals surface area contributed by atoms with Crippen molar-refractivity contribution in [1.29, 1.82) is 0 Å². The Morgan fingerprint density at radius 2 is 1.66 bits per heavy atom. The van der Waals surface area contributed by atoms with E-state index in [1.165, 1.54) is 0 Å². The second kappa shape index (κ2) is 14.2. The molecule has 2 aromatic carbocycles. The van der Waals surface area contributed by atoms with Crippen LogP contribution in [0.3, 0.4) is 0 Å². The van der Waals surface area contributed by atoms with Gasteiger partial charge in [0.25, 0.3) is 0 Å². The molecule has 0 heterocycles. The number of nitrogens with zero attached hydrogens (tertiary/aromatic N) is 1. The van der Waals surface area contributed by atoms with Gasteiger partial charge in [0, 0.05) is 19.0 Å². The van der Waals surface area contributed by atoms with Gasteiger partial charge in [0.2, 0.25) is 11.8 Å². The molecule has 35 heavy (non-hydrogen) atoms. The summed E-state index contributed by atoms with van der Waals surface area (Å²) < 4.78 is 16.7. The predicted molar refractivity (Wildman–Crippen MR) is 138 cm³/mol. The lowest BCUT2D eigenvalue weighted by molar-refractivity contribution is -0.140. The molecular weight excluding hydrogens is 444 g/mol. The van der Waals surface area contributed by atoms with Crippen LogP contribution in [-0.2, 0) is 22.6 Å². The topological polar surface area (TPSA) is 77.1 Å². The Balaban J connectivity index is 2.20. The zero-order chi connectivity index (χ0) is 25.8. The molecule has 0 radical (unpaired) electrons. The summed E-state index contributed by atoms with van der Waals surface area (Å²) in [5, 5.41) is 3.00. The molecule has 0 saturated carbocycles. The maximum Gasteiger partial charge on any atom is 0.242 e. The first-order valence-electron chi connectivity index (χ1n) is 12.4. The highest BCUT2D eigenvalue weighted by Gasteiger charge is 2.26. The van der Waals surface area contributed by atoms with Crippen LogP contribution in [0.1, 0.15) is 58.6 Å². The van der Waals surface area contributed by atoms with Crippen molar-refractivity contribution in [1.82, 2.24) is 10.2 Å². The van der Waals surface area contributed by atoms with Gasteiger partial charge in [-0.2, -0.15) is 0 Å². The van der Waals surface area contributed by atoms with Crippen LogP contribution < -0.4 is 19.5 Å². The second-order valence-electron chi connectivity index (χ2n) is 8.51. The highest BCUT2D eigenvalue weighted by atomic mass is 16.5. The summed E-state index contributed by atoms with van der Waals surface area (Å²) in [4.78, 5) is 28.0. The molecule has 0 aromatic heterocycles. The van der Waals surface area contributed by atoms with Crippen LogP contribution in [0.25, 0.3) is 0 Å². The van der Waals surface area contributed by atoms with Crippen molar-refractivity contribution in [3.05, 3.63) is 53.6 Å². The van der Waals surface area contributed by atoms with E-state index in [0.717, 1.165) is 17.5 Å². The average molecular weight is 485 g/mol. The molecule has 0 spiro atoms. The lowest BCUT2D eigenvalue weighted by Crippen LogP contribution is -2.49. The van der Waals surface area contributed by atoms with Gasteiger partial charge in [-0.1, -0.05) is 25.1 Å². The summed E-state index contributed by atoms with van der Waals surface area (Å²) in [6.45, 7) is 11.0. The van der Waals surface area contributed by atoms with Gasteiger partial charge in [0.1, 0.15) is 11.8 Å². The fraction of sp³-hybridized carbons (Fsp3) is 0.500. The molecule has 0 unspecified atom stereocenters. The fourth-order valence-corrected chi connectivity index (χ4v) is 3.66. The third-order valence-electron chi connectivity index (χ3n) is 5.89. The van der Waals surface area contributed by atoms with Crippen LogP contribution in [0.5, 0.6) is 17.2 Å². The summed E-state index contributed by atoms with van der Waals surface area (Å²) in [5.41, 5.74) is 1.88. The lowest BCUT2D eigenvalue weighted by Gasteiger charge is -2.30. The van der Waals surface area contributed by atoms with Crippen molar-refractivity contribution >= 4 is 11.8 Å². The third-order valence-corrected chi connectivity index (χ3v) is 5.89. The number of benzene rings is 2. The molecule has 7 nitrogen and oxygen atoms in total. The Morgan fingerprint density at radius 1 is 0.943 bits per heavy atom. The Labute approximate surface area is 209 Å². The number of hydrogen-bond donors (Lipinski definition) is 1. The van der Waals surface area contributed by atoms with E-state index in [0.29, 0.717) is 43.4 Å². The van der Waals surface area contributed by atoms with Gasteiger partial charge >= 0.3 is 0 Å². The van der Waals surface area contributed by atoms with Gasteiger partial charge < -0.3 is 24.4 Å². The molecule has 0 bridgehead atoms. The summed E-state index contributed by atoms with van der Waals surface area (Å²) in [7, 11) is 1.61. The van der Waals surface area contributed by atoms with E-state index in [1.54, 1.807) is 18.9 Å². The van der Waals surface area contributed by atoms with Gasteiger partial charge in [-0.25, -0.2) is 0 Å². The molecule has 0 aliphatic rings. The standard InChI is InChI=1S/C28H40N2O5/c1-7-20(4)29-28(32)21(5)30(19-23-11-10-12-24(17-23)33-6)27(31)16-14-22-13-15-25(34-8-2)26(18-22)35-9-3/h10-13,15,17-18,20-21H,7-9,14,16,19H2,1-6H3,(H,29,32)/t20-,21-/m1/s1. The largest absolute Gasteiger partial charge is 0.497 e. The van der Waals surface area contributed by atoms with E-state index >= 15 is 0 Å². The minimum atomic E-state index is -0.609. The van der Waals surface area contributed by atoms with Crippen LogP contribution in [-0.4, -0.2) is 49.1 Å². The van der Waals surface area contributed by atoms with Crippen molar-refractivity contribution in [2.24, 2.45) is 0 Å². The van der Waals surface area contributed by atoms with E-state index in [9.17, 15) is 9.59 Å². The maximum atomic E-state index is 13.4. The quantitative estimate of drug-likeness (QED) is 0.418. The molecule has 0 fully saturated rings. The molecule has 7 heteroatoms. The summed E-state index contributed by atoms with van der Waals surface area (Å²) in [5.74, 6) is 1.83. The Bertz CT molecular complexity index is 962. The van der Waals surface area contributed by atoms with E-state index in [2.05, 4.69) is 5.32 Å². The molecule has 0 aliphatic heterocycles. The third kappa shape index (κ3) is 8.50. The summed E-state index contributed by atoms with van der Waals surface area (Å²) in [6.07, 6.45) is 1.62. The summed E-state index contributed by atoms with van der Waals surface area (Å²) in [6, 6.07) is 12.8. The van der Waals surface area contributed by atoms with Gasteiger partial charge in [-0.3, -0.25) is 9.59 Å². The number of amides is 2. The zero-order valence-electron chi connectivity index (χ0n) is 21.9. The molecule has 2 atom stereocenters. The van der Waals surface area contributed by atoms with Crippen LogP contribution in [0, 0.1) is 0 Å². The van der Waals surface area contributed by atoms with Crippen molar-refractivity contribution in [3.63, 3.8) is 0 Å². The number of carbonyl (C=O) groups excluding carboxylic acids is 2. The molecule has 192 valence electrons. The van der Waals surface area contributed by atoms with Crippen molar-refractivity contribution < 1.29 is 23.8 Å². The maximum absolute atomic E-state index is 13.4. The SMILES string of the molecule is CCOc1ccc(CCC(=O)N(Cc2cccc(OC)c2)[C@H](C)C(=O)N[C@H](C)CC)cc1OCC. The second-order valence-corrected chi connectivity index (χ2v) is 8.51. The number of carbonyl (C=O) groups is 2. The Morgan fingerprint density at radius 3 is 2.31 bits per heavy atom. The van der Waals surface area contributed by atoms with Crippen molar-refractivity contribution in [2.45, 2.75) is 72.5 Å².